The molecule has 22 heavy (non-hydrogen) atoms. The Morgan fingerprint density at radius 2 is 1.91 bits per heavy atom. The summed E-state index contributed by atoms with van der Waals surface area (Å²) in [5, 5.41) is 3.10. The first-order chi connectivity index (χ1) is 10.5. The number of hydrogen-bond donors (Lipinski definition) is 1. The molecule has 9 heteroatoms. The lowest BCUT2D eigenvalue weighted by Crippen LogP contribution is -2.53. The molecule has 0 unspecified atom stereocenters. The lowest BCUT2D eigenvalue weighted by molar-refractivity contribution is 0.371. The molecule has 0 radical (unpaired) electrons. The molecule has 1 aromatic rings. The highest BCUT2D eigenvalue weighted by Gasteiger charge is 2.21. The van der Waals surface area contributed by atoms with Gasteiger partial charge in [0.05, 0.1) is 5.75 Å². The number of aliphatic imine (C=N–C) groups is 1. The topological polar surface area (TPSA) is 90.8 Å². The van der Waals surface area contributed by atoms with E-state index in [4.69, 9.17) is 0 Å². The Bertz CT molecular complexity index is 596. The fourth-order valence-corrected chi connectivity index (χ4v) is 2.73. The molecule has 1 aliphatic heterocycles. The molecule has 1 saturated heterocycles. The van der Waals surface area contributed by atoms with Crippen LogP contribution in [-0.4, -0.2) is 81.0 Å². The van der Waals surface area contributed by atoms with E-state index in [1.165, 1.54) is 6.26 Å². The summed E-state index contributed by atoms with van der Waals surface area (Å²) < 4.78 is 22.3. The van der Waals surface area contributed by atoms with Crippen molar-refractivity contribution in [2.75, 3.05) is 56.7 Å². The second-order valence-corrected chi connectivity index (χ2v) is 7.39. The summed E-state index contributed by atoms with van der Waals surface area (Å²) in [7, 11) is -1.26. The van der Waals surface area contributed by atoms with E-state index in [-0.39, 0.29) is 5.75 Å². The summed E-state index contributed by atoms with van der Waals surface area (Å²) >= 11 is 0. The fourth-order valence-electron chi connectivity index (χ4n) is 2.25. The lowest BCUT2D eigenvalue weighted by atomic mass is 10.3. The van der Waals surface area contributed by atoms with Crippen LogP contribution in [0.2, 0.25) is 0 Å². The van der Waals surface area contributed by atoms with Crippen molar-refractivity contribution in [3.63, 3.8) is 0 Å². The average molecular weight is 326 g/mol. The van der Waals surface area contributed by atoms with Crippen LogP contribution in [0.15, 0.2) is 23.5 Å². The Hall–Kier alpha value is -1.90. The zero-order chi connectivity index (χ0) is 16.0. The molecule has 1 N–H and O–H groups in total. The third-order valence-electron chi connectivity index (χ3n) is 3.38. The first-order valence-electron chi connectivity index (χ1n) is 7.15. The quantitative estimate of drug-likeness (QED) is 0.573. The molecule has 0 atom stereocenters. The Labute approximate surface area is 131 Å². The van der Waals surface area contributed by atoms with Crippen LogP contribution in [0.1, 0.15) is 0 Å². The molecule has 2 heterocycles. The van der Waals surface area contributed by atoms with Gasteiger partial charge in [0.1, 0.15) is 9.84 Å². The Morgan fingerprint density at radius 3 is 2.45 bits per heavy atom. The van der Waals surface area contributed by atoms with Gasteiger partial charge in [-0.15, -0.1) is 0 Å². The maximum Gasteiger partial charge on any atom is 0.225 e. The number of piperazine rings is 1. The summed E-state index contributed by atoms with van der Waals surface area (Å²) in [5.74, 6) is 1.57. The average Bonchev–Trinajstić information content (AvgIpc) is 2.52. The first kappa shape index (κ1) is 16.5. The summed E-state index contributed by atoms with van der Waals surface area (Å²) in [6, 6.07) is 1.80. The highest BCUT2D eigenvalue weighted by Crippen LogP contribution is 2.09. The first-order valence-corrected chi connectivity index (χ1v) is 9.21. The van der Waals surface area contributed by atoms with E-state index in [2.05, 4.69) is 30.1 Å². The number of anilines is 1. The van der Waals surface area contributed by atoms with Crippen LogP contribution in [0.5, 0.6) is 0 Å². The van der Waals surface area contributed by atoms with Crippen LogP contribution in [0.4, 0.5) is 5.95 Å². The maximum absolute atomic E-state index is 11.2. The number of nitrogens with zero attached hydrogens (tertiary/aromatic N) is 5. The molecule has 1 aliphatic rings. The van der Waals surface area contributed by atoms with Crippen molar-refractivity contribution in [2.24, 2.45) is 4.99 Å². The van der Waals surface area contributed by atoms with E-state index in [0.717, 1.165) is 38.1 Å². The minimum absolute atomic E-state index is 0.101. The number of guanidine groups is 1. The molecule has 0 aliphatic carbocycles. The summed E-state index contributed by atoms with van der Waals surface area (Å²) in [6.45, 7) is 3.55. The van der Waals surface area contributed by atoms with Crippen LogP contribution in [0.3, 0.4) is 0 Å². The van der Waals surface area contributed by atoms with Crippen LogP contribution in [-0.2, 0) is 9.84 Å². The van der Waals surface area contributed by atoms with E-state index in [1.807, 2.05) is 0 Å². The maximum atomic E-state index is 11.2. The smallest absolute Gasteiger partial charge is 0.225 e. The largest absolute Gasteiger partial charge is 0.355 e. The van der Waals surface area contributed by atoms with E-state index in [1.54, 1.807) is 25.5 Å². The van der Waals surface area contributed by atoms with Crippen molar-refractivity contribution in [1.82, 2.24) is 20.2 Å². The number of rotatable bonds is 4. The van der Waals surface area contributed by atoms with E-state index in [0.29, 0.717) is 6.54 Å². The molecule has 0 amide bonds. The fraction of sp³-hybridized carbons (Fsp3) is 0.615. The second-order valence-electron chi connectivity index (χ2n) is 5.13. The third kappa shape index (κ3) is 4.83. The van der Waals surface area contributed by atoms with E-state index in [9.17, 15) is 8.42 Å². The SMILES string of the molecule is CN=C(NCCS(C)(=O)=O)N1CCN(c2ncccn2)CC1. The van der Waals surface area contributed by atoms with Crippen molar-refractivity contribution in [1.29, 1.82) is 0 Å². The molecule has 1 fully saturated rings. The molecule has 122 valence electrons. The minimum atomic E-state index is -2.96. The predicted molar refractivity (Wildman–Crippen MR) is 86.9 cm³/mol. The standard InChI is InChI=1S/C13H22N6O2S/c1-14-12(17-6-11-22(2,20)21)18-7-9-19(10-8-18)13-15-4-3-5-16-13/h3-5H,6-11H2,1-2H3,(H,14,17). The normalized spacial score (nSPS) is 16.7. The molecule has 0 saturated carbocycles. The molecule has 0 bridgehead atoms. The van der Waals surface area contributed by atoms with Gasteiger partial charge in [-0.2, -0.15) is 0 Å². The van der Waals surface area contributed by atoms with Crippen molar-refractivity contribution >= 4 is 21.7 Å². The van der Waals surface area contributed by atoms with E-state index >= 15 is 0 Å². The van der Waals surface area contributed by atoms with Crippen molar-refractivity contribution in [3.05, 3.63) is 18.5 Å². The lowest BCUT2D eigenvalue weighted by Gasteiger charge is -2.36. The molecular weight excluding hydrogens is 304 g/mol. The van der Waals surface area contributed by atoms with Gasteiger partial charge in [-0.3, -0.25) is 4.99 Å². The summed E-state index contributed by atoms with van der Waals surface area (Å²) in [4.78, 5) is 17.0. The molecule has 0 aromatic carbocycles. The highest BCUT2D eigenvalue weighted by atomic mass is 32.2. The second kappa shape index (κ2) is 7.39. The van der Waals surface area contributed by atoms with Crippen LogP contribution >= 0.6 is 0 Å². The third-order valence-corrected chi connectivity index (χ3v) is 4.33. The molecule has 8 nitrogen and oxygen atoms in total. The van der Waals surface area contributed by atoms with Gasteiger partial charge in [-0.05, 0) is 6.07 Å². The van der Waals surface area contributed by atoms with Crippen LogP contribution < -0.4 is 10.2 Å². The van der Waals surface area contributed by atoms with Crippen LogP contribution in [0, 0.1) is 0 Å². The number of sulfone groups is 1. The Morgan fingerprint density at radius 1 is 1.27 bits per heavy atom. The van der Waals surface area contributed by atoms with Crippen molar-refractivity contribution in [3.8, 4) is 0 Å². The zero-order valence-electron chi connectivity index (χ0n) is 12.9. The minimum Gasteiger partial charge on any atom is -0.355 e. The van der Waals surface area contributed by atoms with Gasteiger partial charge in [-0.25, -0.2) is 18.4 Å². The predicted octanol–water partition coefficient (Wildman–Crippen LogP) is -0.781. The number of aromatic nitrogens is 2. The summed E-state index contributed by atoms with van der Waals surface area (Å²) in [6.07, 6.45) is 4.71. The van der Waals surface area contributed by atoms with Crippen molar-refractivity contribution in [2.45, 2.75) is 0 Å². The van der Waals surface area contributed by atoms with Gasteiger partial charge in [-0.1, -0.05) is 0 Å². The highest BCUT2D eigenvalue weighted by molar-refractivity contribution is 7.90. The van der Waals surface area contributed by atoms with Gasteiger partial charge in [0, 0.05) is 58.4 Å². The Kier molecular flexibility index (Phi) is 5.53. The van der Waals surface area contributed by atoms with Gasteiger partial charge in [0.25, 0.3) is 0 Å². The molecule has 0 spiro atoms. The monoisotopic (exact) mass is 326 g/mol. The summed E-state index contributed by atoms with van der Waals surface area (Å²) in [5.41, 5.74) is 0. The van der Waals surface area contributed by atoms with Gasteiger partial charge < -0.3 is 15.1 Å². The zero-order valence-corrected chi connectivity index (χ0v) is 13.8. The Balaban J connectivity index is 1.84. The number of hydrogen-bond acceptors (Lipinski definition) is 6. The van der Waals surface area contributed by atoms with Gasteiger partial charge >= 0.3 is 0 Å². The molecule has 2 rings (SSSR count). The van der Waals surface area contributed by atoms with Crippen molar-refractivity contribution < 1.29 is 8.42 Å². The number of nitrogens with one attached hydrogen (secondary N) is 1. The molecular formula is C13H22N6O2S. The van der Waals surface area contributed by atoms with E-state index < -0.39 is 9.84 Å². The van der Waals surface area contributed by atoms with Gasteiger partial charge in [0.15, 0.2) is 5.96 Å². The van der Waals surface area contributed by atoms with Crippen LogP contribution in [0.25, 0.3) is 0 Å². The molecule has 1 aromatic heterocycles. The van der Waals surface area contributed by atoms with Gasteiger partial charge in [0.2, 0.25) is 5.95 Å².